The number of amides is 1. The zero-order valence-corrected chi connectivity index (χ0v) is 13.8. The second-order valence-corrected chi connectivity index (χ2v) is 7.83. The topological polar surface area (TPSA) is 131 Å². The molecule has 2 aromatic heterocycles. The number of nitriles is 1. The van der Waals surface area contributed by atoms with Crippen LogP contribution in [0.15, 0.2) is 16.8 Å². The average Bonchev–Trinajstić information content (AvgIpc) is 3.14. The van der Waals surface area contributed by atoms with Gasteiger partial charge < -0.3 is 5.32 Å². The fourth-order valence-electron chi connectivity index (χ4n) is 1.76. The minimum atomic E-state index is -3.20. The molecule has 2 aromatic rings. The number of thiophene rings is 1. The Morgan fingerprint density at radius 2 is 2.35 bits per heavy atom. The zero-order chi connectivity index (χ0) is 16.9. The quantitative estimate of drug-likeness (QED) is 0.749. The lowest BCUT2D eigenvalue weighted by atomic mass is 10.2. The highest BCUT2D eigenvalue weighted by Crippen LogP contribution is 2.15. The number of rotatable bonds is 7. The van der Waals surface area contributed by atoms with Gasteiger partial charge in [-0.1, -0.05) is 0 Å². The summed E-state index contributed by atoms with van der Waals surface area (Å²) in [5.41, 5.74) is 0.476. The number of nitrogens with one attached hydrogen (secondary N) is 1. The predicted molar refractivity (Wildman–Crippen MR) is 82.3 cm³/mol. The highest BCUT2D eigenvalue weighted by atomic mass is 32.2. The Hall–Kier alpha value is -2.32. The van der Waals surface area contributed by atoms with Crippen molar-refractivity contribution < 1.29 is 13.2 Å². The predicted octanol–water partition coefficient (Wildman–Crippen LogP) is 0.164. The first kappa shape index (κ1) is 17.0. The van der Waals surface area contributed by atoms with Crippen molar-refractivity contribution >= 4 is 27.1 Å². The molecule has 122 valence electrons. The lowest BCUT2D eigenvalue weighted by molar-refractivity contribution is 0.0934. The summed E-state index contributed by atoms with van der Waals surface area (Å²) in [6, 6.07) is 2.83. The minimum Gasteiger partial charge on any atom is -0.342 e. The van der Waals surface area contributed by atoms with Crippen LogP contribution < -0.4 is 5.32 Å². The molecule has 0 aliphatic rings. The normalized spacial score (nSPS) is 12.5. The third-order valence-electron chi connectivity index (χ3n) is 2.86. The second-order valence-electron chi connectivity index (χ2n) is 4.79. The number of nitrogens with zero attached hydrogens (tertiary/aromatic N) is 5. The van der Waals surface area contributed by atoms with E-state index in [1.807, 2.05) is 6.07 Å². The highest BCUT2D eigenvalue weighted by Gasteiger charge is 2.22. The van der Waals surface area contributed by atoms with Gasteiger partial charge in [-0.25, -0.2) is 8.42 Å². The molecule has 0 radical (unpaired) electrons. The Labute approximate surface area is 136 Å². The van der Waals surface area contributed by atoms with Gasteiger partial charge in [-0.3, -0.25) is 4.79 Å². The molecular formula is C12H14N6O3S2. The standard InChI is InChI=1S/C12H14N6O3S2/c1-23(20,21)7-3-10(11-15-17-18(16-11)5-4-13)14-12(19)9-2-6-22-8-9/h2,6,8,10H,3,5,7H2,1H3,(H,14,19)/t10-/m0/s1. The van der Waals surface area contributed by atoms with Crippen molar-refractivity contribution in [3.05, 3.63) is 28.2 Å². The van der Waals surface area contributed by atoms with Crippen molar-refractivity contribution in [3.8, 4) is 6.07 Å². The van der Waals surface area contributed by atoms with Crippen molar-refractivity contribution in [1.29, 1.82) is 5.26 Å². The molecule has 2 rings (SSSR count). The lowest BCUT2D eigenvalue weighted by Crippen LogP contribution is -2.30. The first-order valence-electron chi connectivity index (χ1n) is 6.54. The molecule has 0 fully saturated rings. The Balaban J connectivity index is 2.16. The monoisotopic (exact) mass is 354 g/mol. The highest BCUT2D eigenvalue weighted by molar-refractivity contribution is 7.90. The summed E-state index contributed by atoms with van der Waals surface area (Å²) in [4.78, 5) is 13.2. The van der Waals surface area contributed by atoms with Gasteiger partial charge in [-0.2, -0.15) is 16.6 Å². The van der Waals surface area contributed by atoms with Crippen LogP contribution in [0.1, 0.15) is 28.6 Å². The van der Waals surface area contributed by atoms with E-state index in [-0.39, 0.29) is 30.5 Å². The Morgan fingerprint density at radius 1 is 1.57 bits per heavy atom. The molecule has 0 spiro atoms. The molecule has 1 atom stereocenters. The summed E-state index contributed by atoms with van der Waals surface area (Å²) in [5, 5.41) is 26.3. The van der Waals surface area contributed by atoms with Crippen LogP contribution in [0.25, 0.3) is 0 Å². The summed E-state index contributed by atoms with van der Waals surface area (Å²) < 4.78 is 22.7. The molecule has 0 bridgehead atoms. The summed E-state index contributed by atoms with van der Waals surface area (Å²) in [5.74, 6) is -0.303. The van der Waals surface area contributed by atoms with Crippen LogP contribution in [0, 0.1) is 11.3 Å². The van der Waals surface area contributed by atoms with Gasteiger partial charge in [0, 0.05) is 11.6 Å². The van der Waals surface area contributed by atoms with Gasteiger partial charge >= 0.3 is 0 Å². The Kier molecular flexibility index (Phi) is 5.41. The maximum atomic E-state index is 12.2. The van der Waals surface area contributed by atoms with Crippen LogP contribution >= 0.6 is 11.3 Å². The van der Waals surface area contributed by atoms with Crippen molar-refractivity contribution in [2.24, 2.45) is 0 Å². The SMILES string of the molecule is CS(=O)(=O)CC[C@H](NC(=O)c1ccsc1)c1nnn(CC#N)n1. The Morgan fingerprint density at radius 3 is 2.96 bits per heavy atom. The molecule has 23 heavy (non-hydrogen) atoms. The summed E-state index contributed by atoms with van der Waals surface area (Å²) >= 11 is 1.38. The Bertz CT molecular complexity index is 806. The largest absolute Gasteiger partial charge is 0.342 e. The molecule has 0 aromatic carbocycles. The van der Waals surface area contributed by atoms with E-state index in [1.165, 1.54) is 11.3 Å². The molecule has 0 saturated heterocycles. The summed E-state index contributed by atoms with van der Waals surface area (Å²) in [7, 11) is -3.20. The van der Waals surface area contributed by atoms with Gasteiger partial charge in [-0.05, 0) is 23.1 Å². The van der Waals surface area contributed by atoms with Gasteiger partial charge in [-0.15, -0.1) is 15.0 Å². The van der Waals surface area contributed by atoms with Crippen molar-refractivity contribution in [3.63, 3.8) is 0 Å². The molecular weight excluding hydrogens is 340 g/mol. The number of hydrogen-bond donors (Lipinski definition) is 1. The first-order chi connectivity index (χ1) is 10.9. The van der Waals surface area contributed by atoms with Gasteiger partial charge in [0.15, 0.2) is 5.82 Å². The smallest absolute Gasteiger partial charge is 0.252 e. The number of carbonyl (C=O) groups is 1. The lowest BCUT2D eigenvalue weighted by Gasteiger charge is -2.14. The molecule has 1 N–H and O–H groups in total. The van der Waals surface area contributed by atoms with E-state index in [2.05, 4.69) is 20.7 Å². The van der Waals surface area contributed by atoms with Gasteiger partial charge in [0.1, 0.15) is 16.4 Å². The summed E-state index contributed by atoms with van der Waals surface area (Å²) in [6.07, 6.45) is 1.23. The fourth-order valence-corrected chi connectivity index (χ4v) is 3.06. The third-order valence-corrected chi connectivity index (χ3v) is 4.52. The number of tetrazole rings is 1. The number of aromatic nitrogens is 4. The van der Waals surface area contributed by atoms with Crippen molar-refractivity contribution in [2.45, 2.75) is 19.0 Å². The van der Waals surface area contributed by atoms with Crippen LogP contribution in [0.2, 0.25) is 0 Å². The van der Waals surface area contributed by atoms with Gasteiger partial charge in [0.05, 0.1) is 23.4 Å². The van der Waals surface area contributed by atoms with Crippen LogP contribution in [-0.4, -0.2) is 46.5 Å². The van der Waals surface area contributed by atoms with Gasteiger partial charge in [0.2, 0.25) is 0 Å². The first-order valence-corrected chi connectivity index (χ1v) is 9.55. The molecule has 0 aliphatic heterocycles. The molecule has 0 aliphatic carbocycles. The van der Waals surface area contributed by atoms with E-state index in [0.717, 1.165) is 11.1 Å². The van der Waals surface area contributed by atoms with E-state index in [1.54, 1.807) is 16.8 Å². The fraction of sp³-hybridized carbons (Fsp3) is 0.417. The van der Waals surface area contributed by atoms with Crippen LogP contribution in [-0.2, 0) is 16.4 Å². The third kappa shape index (κ3) is 5.11. The van der Waals surface area contributed by atoms with E-state index in [4.69, 9.17) is 5.26 Å². The van der Waals surface area contributed by atoms with Crippen molar-refractivity contribution in [2.75, 3.05) is 12.0 Å². The molecule has 0 unspecified atom stereocenters. The second kappa shape index (κ2) is 7.30. The van der Waals surface area contributed by atoms with Crippen LogP contribution in [0.4, 0.5) is 0 Å². The van der Waals surface area contributed by atoms with E-state index >= 15 is 0 Å². The zero-order valence-electron chi connectivity index (χ0n) is 12.2. The minimum absolute atomic E-state index is 0.0791. The van der Waals surface area contributed by atoms with Crippen LogP contribution in [0.3, 0.4) is 0 Å². The maximum absolute atomic E-state index is 12.2. The van der Waals surface area contributed by atoms with Crippen molar-refractivity contribution in [1.82, 2.24) is 25.5 Å². The van der Waals surface area contributed by atoms with E-state index in [0.29, 0.717) is 5.56 Å². The number of sulfone groups is 1. The maximum Gasteiger partial charge on any atom is 0.252 e. The average molecular weight is 354 g/mol. The summed E-state index contributed by atoms with van der Waals surface area (Å²) in [6.45, 7) is -0.0791. The van der Waals surface area contributed by atoms with Gasteiger partial charge in [0.25, 0.3) is 5.91 Å². The molecule has 9 nitrogen and oxygen atoms in total. The molecule has 0 saturated carbocycles. The number of hydrogen-bond acceptors (Lipinski definition) is 8. The van der Waals surface area contributed by atoms with E-state index in [9.17, 15) is 13.2 Å². The molecule has 11 heteroatoms. The molecule has 2 heterocycles. The van der Waals surface area contributed by atoms with E-state index < -0.39 is 15.9 Å². The van der Waals surface area contributed by atoms with Crippen LogP contribution in [0.5, 0.6) is 0 Å². The molecule has 1 amide bonds. The number of carbonyl (C=O) groups excluding carboxylic acids is 1.